The molecule has 1 spiro atoms. The van der Waals surface area contributed by atoms with Crippen LogP contribution in [0, 0.1) is 5.92 Å². The average Bonchev–Trinajstić information content (AvgIpc) is 2.85. The number of carbonyl (C=O) groups is 2. The van der Waals surface area contributed by atoms with Gasteiger partial charge in [0, 0.05) is 5.56 Å². The van der Waals surface area contributed by atoms with E-state index < -0.39 is 11.5 Å². The SMILES string of the molecule is O=C1N[C@@]2(CC[C@H](C(=O)O)C2)c2ccccc21. The molecule has 17 heavy (non-hydrogen) atoms. The van der Waals surface area contributed by atoms with E-state index in [1.165, 1.54) is 0 Å². The van der Waals surface area contributed by atoms with Crippen LogP contribution >= 0.6 is 0 Å². The molecule has 4 nitrogen and oxygen atoms in total. The molecule has 2 aliphatic rings. The second kappa shape index (κ2) is 3.32. The van der Waals surface area contributed by atoms with E-state index in [0.29, 0.717) is 24.8 Å². The maximum atomic E-state index is 11.8. The summed E-state index contributed by atoms with van der Waals surface area (Å²) < 4.78 is 0. The zero-order valence-corrected chi connectivity index (χ0v) is 9.27. The standard InChI is InChI=1S/C13H13NO3/c15-11-9-3-1-2-4-10(9)13(14-11)6-5-8(7-13)12(16)17/h1-4,8H,5-7H2,(H,14,15)(H,16,17)/t8-,13+/m0/s1. The van der Waals surface area contributed by atoms with Crippen molar-refractivity contribution in [3.8, 4) is 0 Å². The van der Waals surface area contributed by atoms with Gasteiger partial charge in [0.1, 0.15) is 0 Å². The van der Waals surface area contributed by atoms with Crippen molar-refractivity contribution in [2.24, 2.45) is 5.92 Å². The number of carbonyl (C=O) groups excluding carboxylic acids is 1. The summed E-state index contributed by atoms with van der Waals surface area (Å²) in [7, 11) is 0. The fraction of sp³-hybridized carbons (Fsp3) is 0.385. The van der Waals surface area contributed by atoms with E-state index in [-0.39, 0.29) is 11.8 Å². The number of carboxylic acids is 1. The number of hydrogen-bond acceptors (Lipinski definition) is 2. The molecule has 1 aromatic rings. The summed E-state index contributed by atoms with van der Waals surface area (Å²) in [6.07, 6.45) is 1.85. The predicted octanol–water partition coefficient (Wildman–Crippen LogP) is 1.51. The summed E-state index contributed by atoms with van der Waals surface area (Å²) in [6.45, 7) is 0. The topological polar surface area (TPSA) is 66.4 Å². The molecule has 1 aliphatic carbocycles. The Morgan fingerprint density at radius 1 is 1.41 bits per heavy atom. The van der Waals surface area contributed by atoms with Crippen molar-refractivity contribution in [1.82, 2.24) is 5.32 Å². The van der Waals surface area contributed by atoms with Gasteiger partial charge in [0.15, 0.2) is 0 Å². The molecule has 4 heteroatoms. The lowest BCUT2D eigenvalue weighted by atomic mass is 9.88. The van der Waals surface area contributed by atoms with Crippen molar-refractivity contribution >= 4 is 11.9 Å². The molecule has 1 aromatic carbocycles. The van der Waals surface area contributed by atoms with Crippen molar-refractivity contribution in [3.63, 3.8) is 0 Å². The Morgan fingerprint density at radius 2 is 2.18 bits per heavy atom. The van der Waals surface area contributed by atoms with Crippen LogP contribution in [0.15, 0.2) is 24.3 Å². The minimum Gasteiger partial charge on any atom is -0.481 e. The van der Waals surface area contributed by atoms with Gasteiger partial charge in [-0.05, 0) is 30.9 Å². The van der Waals surface area contributed by atoms with Gasteiger partial charge in [-0.25, -0.2) is 0 Å². The zero-order chi connectivity index (χ0) is 12.0. The Balaban J connectivity index is 2.02. The molecule has 88 valence electrons. The molecule has 0 bridgehead atoms. The highest BCUT2D eigenvalue weighted by atomic mass is 16.4. The van der Waals surface area contributed by atoms with Crippen LogP contribution in [0.5, 0.6) is 0 Å². The number of aliphatic carboxylic acids is 1. The van der Waals surface area contributed by atoms with Crippen molar-refractivity contribution in [2.45, 2.75) is 24.8 Å². The van der Waals surface area contributed by atoms with Gasteiger partial charge in [0.25, 0.3) is 5.91 Å². The van der Waals surface area contributed by atoms with E-state index in [9.17, 15) is 9.59 Å². The Bertz CT molecular complexity index is 511. The van der Waals surface area contributed by atoms with Crippen LogP contribution in [-0.4, -0.2) is 17.0 Å². The normalized spacial score (nSPS) is 30.4. The summed E-state index contributed by atoms with van der Waals surface area (Å²) in [6, 6.07) is 7.46. The largest absolute Gasteiger partial charge is 0.481 e. The molecule has 3 rings (SSSR count). The molecular weight excluding hydrogens is 218 g/mol. The molecule has 0 aromatic heterocycles. The summed E-state index contributed by atoms with van der Waals surface area (Å²) in [5, 5.41) is 12.0. The number of fused-ring (bicyclic) bond motifs is 2. The minimum absolute atomic E-state index is 0.0772. The number of carboxylic acid groups (broad SMARTS) is 1. The van der Waals surface area contributed by atoms with Crippen LogP contribution in [-0.2, 0) is 10.3 Å². The quantitative estimate of drug-likeness (QED) is 0.769. The molecule has 0 saturated heterocycles. The highest BCUT2D eigenvalue weighted by Gasteiger charge is 2.49. The van der Waals surface area contributed by atoms with Crippen molar-refractivity contribution < 1.29 is 14.7 Å². The third-order valence-electron chi connectivity index (χ3n) is 3.90. The highest BCUT2D eigenvalue weighted by Crippen LogP contribution is 2.46. The van der Waals surface area contributed by atoms with Gasteiger partial charge in [0.05, 0.1) is 11.5 Å². The minimum atomic E-state index is -0.763. The van der Waals surface area contributed by atoms with Crippen molar-refractivity contribution in [3.05, 3.63) is 35.4 Å². The van der Waals surface area contributed by atoms with E-state index in [1.807, 2.05) is 18.2 Å². The van der Waals surface area contributed by atoms with E-state index in [1.54, 1.807) is 6.07 Å². The summed E-state index contributed by atoms with van der Waals surface area (Å²) in [5.41, 5.74) is 1.23. The smallest absolute Gasteiger partial charge is 0.306 e. The lowest BCUT2D eigenvalue weighted by Gasteiger charge is -2.24. The Morgan fingerprint density at radius 3 is 2.88 bits per heavy atom. The lowest BCUT2D eigenvalue weighted by Crippen LogP contribution is -2.37. The van der Waals surface area contributed by atoms with E-state index >= 15 is 0 Å². The van der Waals surface area contributed by atoms with Crippen molar-refractivity contribution in [2.75, 3.05) is 0 Å². The maximum absolute atomic E-state index is 11.8. The third-order valence-corrected chi connectivity index (χ3v) is 3.90. The second-order valence-corrected chi connectivity index (χ2v) is 4.86. The first kappa shape index (κ1) is 10.3. The highest BCUT2D eigenvalue weighted by molar-refractivity contribution is 6.00. The van der Waals surface area contributed by atoms with Gasteiger partial charge in [0.2, 0.25) is 0 Å². The summed E-state index contributed by atoms with van der Waals surface area (Å²) in [4.78, 5) is 22.9. The van der Waals surface area contributed by atoms with Crippen LogP contribution in [0.1, 0.15) is 35.2 Å². The van der Waals surface area contributed by atoms with Crippen LogP contribution in [0.4, 0.5) is 0 Å². The zero-order valence-electron chi connectivity index (χ0n) is 9.27. The summed E-state index contributed by atoms with van der Waals surface area (Å²) in [5.74, 6) is -1.19. The number of rotatable bonds is 1. The van der Waals surface area contributed by atoms with Gasteiger partial charge in [-0.3, -0.25) is 9.59 Å². The molecule has 1 fully saturated rings. The van der Waals surface area contributed by atoms with Crippen LogP contribution in [0.3, 0.4) is 0 Å². The molecule has 0 radical (unpaired) electrons. The fourth-order valence-corrected chi connectivity index (χ4v) is 3.06. The van der Waals surface area contributed by atoms with Crippen molar-refractivity contribution in [1.29, 1.82) is 0 Å². The van der Waals surface area contributed by atoms with Gasteiger partial charge in [-0.15, -0.1) is 0 Å². The Labute approximate surface area is 98.6 Å². The van der Waals surface area contributed by atoms with E-state index in [0.717, 1.165) is 5.56 Å². The van der Waals surface area contributed by atoms with E-state index in [4.69, 9.17) is 5.11 Å². The van der Waals surface area contributed by atoms with Crippen LogP contribution in [0.2, 0.25) is 0 Å². The summed E-state index contributed by atoms with van der Waals surface area (Å²) >= 11 is 0. The van der Waals surface area contributed by atoms with E-state index in [2.05, 4.69) is 5.32 Å². The molecule has 0 unspecified atom stereocenters. The fourth-order valence-electron chi connectivity index (χ4n) is 3.06. The Hall–Kier alpha value is -1.84. The maximum Gasteiger partial charge on any atom is 0.306 e. The first-order chi connectivity index (χ1) is 8.12. The first-order valence-electron chi connectivity index (χ1n) is 5.77. The lowest BCUT2D eigenvalue weighted by molar-refractivity contribution is -0.141. The van der Waals surface area contributed by atoms with Gasteiger partial charge in [-0.2, -0.15) is 0 Å². The average molecular weight is 231 g/mol. The molecule has 2 N–H and O–H groups in total. The molecular formula is C13H13NO3. The number of nitrogens with one attached hydrogen (secondary N) is 1. The number of hydrogen-bond donors (Lipinski definition) is 2. The molecule has 1 aliphatic heterocycles. The van der Waals surface area contributed by atoms with Gasteiger partial charge >= 0.3 is 5.97 Å². The molecule has 1 heterocycles. The molecule has 1 amide bonds. The number of benzene rings is 1. The first-order valence-corrected chi connectivity index (χ1v) is 5.77. The van der Waals surface area contributed by atoms with Gasteiger partial charge < -0.3 is 10.4 Å². The molecule has 2 atom stereocenters. The van der Waals surface area contributed by atoms with Crippen LogP contribution in [0.25, 0.3) is 0 Å². The predicted molar refractivity (Wildman–Crippen MR) is 60.6 cm³/mol. The number of amides is 1. The monoisotopic (exact) mass is 231 g/mol. The second-order valence-electron chi connectivity index (χ2n) is 4.86. The third kappa shape index (κ3) is 1.37. The Kier molecular flexibility index (Phi) is 2.02. The molecule has 1 saturated carbocycles. The van der Waals surface area contributed by atoms with Gasteiger partial charge in [-0.1, -0.05) is 18.2 Å². The van der Waals surface area contributed by atoms with Crippen LogP contribution < -0.4 is 5.32 Å².